The summed E-state index contributed by atoms with van der Waals surface area (Å²) in [5, 5.41) is 10.8. The molecule has 0 radical (unpaired) electrons. The number of aromatic amines is 1. The monoisotopic (exact) mass is 422 g/mol. The lowest BCUT2D eigenvalue weighted by atomic mass is 10.2. The number of H-pyrrole nitrogens is 1. The van der Waals surface area contributed by atoms with Gasteiger partial charge in [0.1, 0.15) is 12.4 Å². The minimum Gasteiger partial charge on any atom is -0.486 e. The SMILES string of the molecule is Cc1cccc(OCc2nc(SCC(=O)Nc3cccc(Cl)c3Cl)n[nH]2)c1. The lowest BCUT2D eigenvalue weighted by Gasteiger charge is -2.07. The molecular weight excluding hydrogens is 407 g/mol. The van der Waals surface area contributed by atoms with Gasteiger partial charge in [-0.1, -0.05) is 53.2 Å². The Bertz CT molecular complexity index is 949. The molecule has 0 fully saturated rings. The molecule has 1 aromatic heterocycles. The summed E-state index contributed by atoms with van der Waals surface area (Å²) in [5.41, 5.74) is 1.59. The van der Waals surface area contributed by atoms with E-state index in [1.807, 2.05) is 31.2 Å². The summed E-state index contributed by atoms with van der Waals surface area (Å²) in [4.78, 5) is 16.4. The van der Waals surface area contributed by atoms with E-state index in [2.05, 4.69) is 20.5 Å². The van der Waals surface area contributed by atoms with Crippen molar-refractivity contribution in [3.8, 4) is 5.75 Å². The first-order chi connectivity index (χ1) is 13.0. The van der Waals surface area contributed by atoms with E-state index in [9.17, 15) is 4.79 Å². The van der Waals surface area contributed by atoms with Gasteiger partial charge in [-0.2, -0.15) is 0 Å². The maximum absolute atomic E-state index is 12.1. The van der Waals surface area contributed by atoms with Crippen LogP contribution in [0.15, 0.2) is 47.6 Å². The second-order valence-electron chi connectivity index (χ2n) is 5.61. The smallest absolute Gasteiger partial charge is 0.234 e. The second kappa shape index (κ2) is 9.12. The van der Waals surface area contributed by atoms with Gasteiger partial charge >= 0.3 is 0 Å². The molecular formula is C18H16Cl2N4O2S. The minimum atomic E-state index is -0.230. The molecule has 3 rings (SSSR count). The summed E-state index contributed by atoms with van der Waals surface area (Å²) in [6.07, 6.45) is 0. The number of ether oxygens (including phenoxy) is 1. The highest BCUT2D eigenvalue weighted by atomic mass is 35.5. The molecule has 0 aliphatic carbocycles. The van der Waals surface area contributed by atoms with Gasteiger partial charge in [0.25, 0.3) is 0 Å². The van der Waals surface area contributed by atoms with E-state index in [1.165, 1.54) is 11.8 Å². The number of hydrogen-bond acceptors (Lipinski definition) is 5. The zero-order valence-corrected chi connectivity index (χ0v) is 16.7. The van der Waals surface area contributed by atoms with Crippen LogP contribution in [0.25, 0.3) is 0 Å². The molecule has 9 heteroatoms. The number of aryl methyl sites for hydroxylation is 1. The Hall–Kier alpha value is -2.22. The van der Waals surface area contributed by atoms with Gasteiger partial charge in [0.15, 0.2) is 5.82 Å². The number of nitrogens with zero attached hydrogens (tertiary/aromatic N) is 2. The predicted octanol–water partition coefficient (Wildman–Crippen LogP) is 4.73. The van der Waals surface area contributed by atoms with E-state index in [1.54, 1.807) is 18.2 Å². The predicted molar refractivity (Wildman–Crippen MR) is 108 cm³/mol. The van der Waals surface area contributed by atoms with E-state index in [0.29, 0.717) is 26.7 Å². The highest BCUT2D eigenvalue weighted by Gasteiger charge is 2.11. The lowest BCUT2D eigenvalue weighted by molar-refractivity contribution is -0.113. The first-order valence-electron chi connectivity index (χ1n) is 7.98. The van der Waals surface area contributed by atoms with Gasteiger partial charge in [0, 0.05) is 0 Å². The summed E-state index contributed by atoms with van der Waals surface area (Å²) in [6, 6.07) is 12.8. The Kier molecular flexibility index (Phi) is 6.60. The van der Waals surface area contributed by atoms with Crippen LogP contribution in [-0.2, 0) is 11.4 Å². The Balaban J connectivity index is 1.49. The van der Waals surface area contributed by atoms with Gasteiger partial charge in [-0.3, -0.25) is 9.89 Å². The van der Waals surface area contributed by atoms with Crippen molar-refractivity contribution >= 4 is 46.6 Å². The third-order valence-corrected chi connectivity index (χ3v) is 5.10. The average Bonchev–Trinajstić information content (AvgIpc) is 3.10. The van der Waals surface area contributed by atoms with Gasteiger partial charge in [0.2, 0.25) is 11.1 Å². The highest BCUT2D eigenvalue weighted by molar-refractivity contribution is 7.99. The number of amides is 1. The molecule has 0 saturated heterocycles. The molecule has 0 atom stereocenters. The molecule has 0 saturated carbocycles. The van der Waals surface area contributed by atoms with E-state index < -0.39 is 0 Å². The van der Waals surface area contributed by atoms with Gasteiger partial charge in [-0.15, -0.1) is 5.10 Å². The van der Waals surface area contributed by atoms with Crippen LogP contribution in [-0.4, -0.2) is 26.8 Å². The topological polar surface area (TPSA) is 79.9 Å². The minimum absolute atomic E-state index is 0.138. The van der Waals surface area contributed by atoms with Crippen molar-refractivity contribution in [2.24, 2.45) is 0 Å². The number of benzene rings is 2. The van der Waals surface area contributed by atoms with E-state index >= 15 is 0 Å². The van der Waals surface area contributed by atoms with Crippen molar-refractivity contribution in [1.29, 1.82) is 0 Å². The first kappa shape index (κ1) is 19.5. The maximum atomic E-state index is 12.1. The molecule has 1 heterocycles. The van der Waals surface area contributed by atoms with E-state index in [0.717, 1.165) is 11.3 Å². The van der Waals surface area contributed by atoms with E-state index in [4.69, 9.17) is 27.9 Å². The van der Waals surface area contributed by atoms with Gasteiger partial charge in [-0.25, -0.2) is 4.98 Å². The number of hydrogen-bond donors (Lipinski definition) is 2. The molecule has 0 unspecified atom stereocenters. The lowest BCUT2D eigenvalue weighted by Crippen LogP contribution is -2.14. The van der Waals surface area contributed by atoms with Crippen molar-refractivity contribution in [3.63, 3.8) is 0 Å². The van der Waals surface area contributed by atoms with Crippen molar-refractivity contribution in [1.82, 2.24) is 15.2 Å². The van der Waals surface area contributed by atoms with Crippen molar-refractivity contribution in [2.45, 2.75) is 18.7 Å². The Morgan fingerprint density at radius 2 is 2.07 bits per heavy atom. The third-order valence-electron chi connectivity index (χ3n) is 3.43. The van der Waals surface area contributed by atoms with Crippen LogP contribution in [0.5, 0.6) is 5.75 Å². The molecule has 0 spiro atoms. The van der Waals surface area contributed by atoms with Crippen LogP contribution in [0.1, 0.15) is 11.4 Å². The number of carbonyl (C=O) groups is 1. The van der Waals surface area contributed by atoms with Gasteiger partial charge in [-0.05, 0) is 36.8 Å². The summed E-state index contributed by atoms with van der Waals surface area (Å²) < 4.78 is 5.67. The third kappa shape index (κ3) is 5.63. The Morgan fingerprint density at radius 3 is 2.89 bits per heavy atom. The van der Waals surface area contributed by atoms with Crippen molar-refractivity contribution < 1.29 is 9.53 Å². The molecule has 2 aromatic carbocycles. The summed E-state index contributed by atoms with van der Waals surface area (Å²) in [7, 11) is 0. The van der Waals surface area contributed by atoms with Crippen molar-refractivity contribution in [2.75, 3.05) is 11.1 Å². The van der Waals surface area contributed by atoms with Crippen LogP contribution in [0, 0.1) is 6.92 Å². The molecule has 6 nitrogen and oxygen atoms in total. The number of thioether (sulfide) groups is 1. The summed E-state index contributed by atoms with van der Waals surface area (Å²) in [6.45, 7) is 2.26. The average molecular weight is 423 g/mol. The van der Waals surface area contributed by atoms with Crippen LogP contribution >= 0.6 is 35.0 Å². The molecule has 3 aromatic rings. The number of nitrogens with one attached hydrogen (secondary N) is 2. The molecule has 0 aliphatic rings. The number of aromatic nitrogens is 3. The normalized spacial score (nSPS) is 10.6. The largest absolute Gasteiger partial charge is 0.486 e. The molecule has 1 amide bonds. The van der Waals surface area contributed by atoms with Crippen molar-refractivity contribution in [3.05, 3.63) is 63.9 Å². The van der Waals surface area contributed by atoms with Crippen LogP contribution in [0.4, 0.5) is 5.69 Å². The zero-order chi connectivity index (χ0) is 19.2. The number of halogens is 2. The zero-order valence-electron chi connectivity index (χ0n) is 14.3. The quantitative estimate of drug-likeness (QED) is 0.537. The number of rotatable bonds is 7. The van der Waals surface area contributed by atoms with Crippen LogP contribution in [0.2, 0.25) is 10.0 Å². The summed E-state index contributed by atoms with van der Waals surface area (Å²) in [5.74, 6) is 1.25. The molecule has 2 N–H and O–H groups in total. The Labute approximate surface area is 170 Å². The second-order valence-corrected chi connectivity index (χ2v) is 7.34. The number of anilines is 1. The van der Waals surface area contributed by atoms with Gasteiger partial charge in [0.05, 0.1) is 21.5 Å². The Morgan fingerprint density at radius 1 is 1.26 bits per heavy atom. The first-order valence-corrected chi connectivity index (χ1v) is 9.73. The molecule has 27 heavy (non-hydrogen) atoms. The fraction of sp³-hybridized carbons (Fsp3) is 0.167. The van der Waals surface area contributed by atoms with Crippen LogP contribution in [0.3, 0.4) is 0 Å². The van der Waals surface area contributed by atoms with E-state index in [-0.39, 0.29) is 18.3 Å². The van der Waals surface area contributed by atoms with Gasteiger partial charge < -0.3 is 10.1 Å². The fourth-order valence-corrected chi connectivity index (χ4v) is 3.15. The molecule has 140 valence electrons. The molecule has 0 aliphatic heterocycles. The maximum Gasteiger partial charge on any atom is 0.234 e. The molecule has 0 bridgehead atoms. The fourth-order valence-electron chi connectivity index (χ4n) is 2.18. The summed E-state index contributed by atoms with van der Waals surface area (Å²) >= 11 is 13.2. The van der Waals surface area contributed by atoms with Crippen LogP contribution < -0.4 is 10.1 Å². The highest BCUT2D eigenvalue weighted by Crippen LogP contribution is 2.29. The standard InChI is InChI=1S/C18H16Cl2N4O2S/c1-11-4-2-5-12(8-11)26-9-15-22-18(24-23-15)27-10-16(25)21-14-7-3-6-13(19)17(14)20/h2-8H,9-10H2,1H3,(H,21,25)(H,22,23,24). The number of carbonyl (C=O) groups excluding carboxylic acids is 1.